The third-order valence-electron chi connectivity index (χ3n) is 6.75. The minimum Gasteiger partial charge on any atom is -0.387 e. The molecule has 0 saturated carbocycles. The first kappa shape index (κ1) is 39.5. The van der Waals surface area contributed by atoms with Gasteiger partial charge in [-0.3, -0.25) is 23.4 Å². The molecule has 11 N–H and O–H groups in total. The molecule has 2 fully saturated rings. The van der Waals surface area contributed by atoms with E-state index in [1.807, 2.05) is 4.98 Å². The Morgan fingerprint density at radius 3 is 1.84 bits per heavy atom. The van der Waals surface area contributed by atoms with Gasteiger partial charge in [-0.15, -0.1) is 5.10 Å². The molecule has 33 heteroatoms. The maximum Gasteiger partial charge on any atom is 0.490 e. The van der Waals surface area contributed by atoms with E-state index in [4.69, 9.17) is 15.2 Å². The van der Waals surface area contributed by atoms with Gasteiger partial charge in [-0.05, 0) is 0 Å². The summed E-state index contributed by atoms with van der Waals surface area (Å²) in [6.45, 7) is -2.35. The highest BCUT2D eigenvalue weighted by atomic mass is 31.3. The number of aromatic nitrogens is 7. The van der Waals surface area contributed by atoms with Crippen molar-refractivity contribution in [1.82, 2.24) is 34.5 Å². The zero-order chi connectivity index (χ0) is 37.7. The maximum atomic E-state index is 12.3. The van der Waals surface area contributed by atoms with Gasteiger partial charge in [-0.1, -0.05) is 5.21 Å². The number of aliphatic hydroxyl groups excluding tert-OH is 4. The Kier molecular flexibility index (Phi) is 11.3. The van der Waals surface area contributed by atoms with Crippen LogP contribution in [-0.2, 0) is 49.7 Å². The second-order valence-corrected chi connectivity index (χ2v) is 16.5. The summed E-state index contributed by atoms with van der Waals surface area (Å²) in [5.74, 6) is -0.0853. The molecule has 2 aliphatic rings. The van der Waals surface area contributed by atoms with E-state index < -0.39 is 105 Å². The highest BCUT2D eigenvalue weighted by Gasteiger charge is 2.50. The molecular weight excluding hydrogens is 788 g/mol. The quantitative estimate of drug-likeness (QED) is 0.0695. The largest absolute Gasteiger partial charge is 0.490 e. The fourth-order valence-electron chi connectivity index (χ4n) is 4.55. The first-order valence-corrected chi connectivity index (χ1v) is 19.5. The Hall–Kier alpha value is -2.72. The number of phosphoric acid groups is 4. The molecule has 3 aromatic rings. The first-order valence-electron chi connectivity index (χ1n) is 13.5. The number of nitrogens with two attached hydrogens (primary N) is 1. The molecule has 5 heterocycles. The van der Waals surface area contributed by atoms with Gasteiger partial charge in [0.1, 0.15) is 43.0 Å². The molecule has 29 nitrogen and oxygen atoms in total. The Balaban J connectivity index is 1.14. The third kappa shape index (κ3) is 9.09. The van der Waals surface area contributed by atoms with Crippen molar-refractivity contribution in [2.24, 2.45) is 0 Å². The molecule has 0 bridgehead atoms. The lowest BCUT2D eigenvalue weighted by molar-refractivity contribution is -0.0566. The fraction of sp³-hybridized carbons (Fsp3) is 0.556. The van der Waals surface area contributed by atoms with Crippen molar-refractivity contribution in [3.05, 3.63) is 39.4 Å². The van der Waals surface area contributed by atoms with Crippen LogP contribution in [0, 0.1) is 0 Å². The second-order valence-electron chi connectivity index (χ2n) is 10.3. The highest BCUT2D eigenvalue weighted by Crippen LogP contribution is 2.71. The topological polar surface area (TPSA) is 432 Å². The van der Waals surface area contributed by atoms with E-state index in [9.17, 15) is 67.8 Å². The summed E-state index contributed by atoms with van der Waals surface area (Å²) in [6.07, 6.45) is -12.1. The van der Waals surface area contributed by atoms with Crippen molar-refractivity contribution < 1.29 is 89.7 Å². The molecule has 0 amide bonds. The van der Waals surface area contributed by atoms with Crippen molar-refractivity contribution in [2.75, 3.05) is 18.9 Å². The summed E-state index contributed by atoms with van der Waals surface area (Å²) in [7, 11) is -24.1. The smallest absolute Gasteiger partial charge is 0.387 e. The highest BCUT2D eigenvalue weighted by molar-refractivity contribution is 7.69. The van der Waals surface area contributed by atoms with E-state index in [-0.39, 0.29) is 17.0 Å². The van der Waals surface area contributed by atoms with E-state index in [1.165, 1.54) is 0 Å². The molecule has 51 heavy (non-hydrogen) atoms. The molecule has 0 aliphatic carbocycles. The average molecular weight is 814 g/mol. The Morgan fingerprint density at radius 2 is 1.29 bits per heavy atom. The van der Waals surface area contributed by atoms with Crippen LogP contribution in [-0.4, -0.2) is 124 Å². The lowest BCUT2D eigenvalue weighted by Crippen LogP contribution is -2.37. The van der Waals surface area contributed by atoms with Gasteiger partial charge < -0.3 is 55.2 Å². The Bertz CT molecular complexity index is 2080. The normalized spacial score (nSPS) is 31.5. The van der Waals surface area contributed by atoms with Crippen LogP contribution < -0.4 is 17.0 Å². The number of hydrogen-bond donors (Lipinski definition) is 10. The van der Waals surface area contributed by atoms with Gasteiger partial charge in [-0.25, -0.2) is 33.0 Å². The number of rotatable bonds is 14. The van der Waals surface area contributed by atoms with Gasteiger partial charge in [0, 0.05) is 12.3 Å². The van der Waals surface area contributed by atoms with Crippen molar-refractivity contribution in [2.45, 2.75) is 49.1 Å². The number of ether oxygens (including phenoxy) is 2. The molecule has 12 atom stereocenters. The van der Waals surface area contributed by atoms with Crippen molar-refractivity contribution in [1.29, 1.82) is 0 Å². The Morgan fingerprint density at radius 1 is 0.784 bits per heavy atom. The number of hydrogen-bond acceptors (Lipinski definition) is 22. The molecule has 2 saturated heterocycles. The standard InChI is InChI=1S/C18H26N8O21P4/c19-14-9-15(21-5-20-14)26(24-23-9)17-13(31)11(29)7(44-17)4-42-49(35,36)46-51(39,40)47-50(37,38)45-48(33,34)41-3-6-10(28)12(30)16(43-6)25-2-1-8(27)22-18(25)32/h1-2,5-7,10-13,16-17,28-31H,3-4H2,(H,33,34)(H,35,36)(H,37,38)(H,39,40)(H2,19,20,21)(H,22,27,32)/t6-,7-,10-,11-,12-,13-,16+,17+/m1/s1. The lowest BCUT2D eigenvalue weighted by atomic mass is 10.1. The van der Waals surface area contributed by atoms with Crippen LogP contribution in [0.15, 0.2) is 28.2 Å². The number of nitrogens with zero attached hydrogens (tertiary/aromatic N) is 6. The van der Waals surface area contributed by atoms with Gasteiger partial charge in [-0.2, -0.15) is 17.6 Å². The molecule has 284 valence electrons. The van der Waals surface area contributed by atoms with E-state index >= 15 is 0 Å². The maximum absolute atomic E-state index is 12.3. The van der Waals surface area contributed by atoms with Crippen LogP contribution in [0.1, 0.15) is 12.5 Å². The summed E-state index contributed by atoms with van der Waals surface area (Å²) in [5.41, 5.74) is 3.75. The van der Waals surface area contributed by atoms with Crippen molar-refractivity contribution in [3.8, 4) is 0 Å². The lowest BCUT2D eigenvalue weighted by Gasteiger charge is -2.21. The van der Waals surface area contributed by atoms with E-state index in [0.29, 0.717) is 4.57 Å². The summed E-state index contributed by atoms with van der Waals surface area (Å²) in [5, 5.41) is 48.6. The zero-order valence-electron chi connectivity index (χ0n) is 24.7. The monoisotopic (exact) mass is 814 g/mol. The van der Waals surface area contributed by atoms with Gasteiger partial charge in [0.25, 0.3) is 5.56 Å². The van der Waals surface area contributed by atoms with E-state index in [0.717, 1.165) is 23.3 Å². The van der Waals surface area contributed by atoms with Crippen LogP contribution in [0.4, 0.5) is 5.82 Å². The minimum atomic E-state index is -6.23. The predicted molar refractivity (Wildman–Crippen MR) is 155 cm³/mol. The summed E-state index contributed by atoms with van der Waals surface area (Å²) < 4.78 is 81.6. The summed E-state index contributed by atoms with van der Waals surface area (Å²) in [6, 6.07) is 0.874. The molecule has 4 unspecified atom stereocenters. The molecule has 0 spiro atoms. The van der Waals surface area contributed by atoms with Crippen molar-refractivity contribution >= 4 is 48.3 Å². The predicted octanol–water partition coefficient (Wildman–Crippen LogP) is -3.92. The van der Waals surface area contributed by atoms with E-state index in [1.54, 1.807) is 0 Å². The van der Waals surface area contributed by atoms with Crippen LogP contribution >= 0.6 is 31.3 Å². The molecule has 5 rings (SSSR count). The number of phosphoric ester groups is 2. The number of aromatic amines is 1. The van der Waals surface area contributed by atoms with Crippen LogP contribution in [0.3, 0.4) is 0 Å². The molecule has 2 aliphatic heterocycles. The number of fused-ring (bicyclic) bond motifs is 1. The van der Waals surface area contributed by atoms with Crippen LogP contribution in [0.2, 0.25) is 0 Å². The summed E-state index contributed by atoms with van der Waals surface area (Å²) >= 11 is 0. The zero-order valence-corrected chi connectivity index (χ0v) is 28.3. The fourth-order valence-corrected chi connectivity index (χ4v) is 9.50. The van der Waals surface area contributed by atoms with Gasteiger partial charge >= 0.3 is 37.0 Å². The Labute approximate surface area is 280 Å². The number of anilines is 1. The second kappa shape index (κ2) is 14.6. The number of nitrogen functional groups attached to an aromatic ring is 1. The number of H-pyrrole nitrogens is 1. The molecule has 0 aromatic carbocycles. The molecular formula is C18H26N8O21P4. The average Bonchev–Trinajstić information content (AvgIpc) is 3.64. The van der Waals surface area contributed by atoms with Gasteiger partial charge in [0.15, 0.2) is 29.4 Å². The first-order chi connectivity index (χ1) is 23.6. The number of aliphatic hydroxyl groups is 4. The third-order valence-corrected chi connectivity index (χ3v) is 12.7. The van der Waals surface area contributed by atoms with Gasteiger partial charge in [0.05, 0.1) is 13.2 Å². The SMILES string of the molecule is Nc1ncnc2c1nnn2[C@H]1O[C@H](COP(=O)(O)OP(=O)(O)OP(=O)(O)OP(=O)(O)OC[C@H]2O[C@H](n3ccc(=O)[nH]c3=O)[C@H](O)[C@@H]2O)[C@@H](O)[C@H]1O. The van der Waals surface area contributed by atoms with Crippen molar-refractivity contribution in [3.63, 3.8) is 0 Å². The minimum absolute atomic E-state index is 0.00147. The van der Waals surface area contributed by atoms with E-state index in [2.05, 4.69) is 42.3 Å². The summed E-state index contributed by atoms with van der Waals surface area (Å²) in [4.78, 5) is 72.0. The molecule has 0 radical (unpaired) electrons. The number of nitrogens with one attached hydrogen (secondary N) is 1. The van der Waals surface area contributed by atoms with Crippen LogP contribution in [0.25, 0.3) is 11.2 Å². The van der Waals surface area contributed by atoms with Gasteiger partial charge in [0.2, 0.25) is 0 Å². The molecule has 3 aromatic heterocycles. The van der Waals surface area contributed by atoms with Crippen LogP contribution in [0.5, 0.6) is 0 Å².